The first-order chi connectivity index (χ1) is 6.40. The van der Waals surface area contributed by atoms with Gasteiger partial charge in [0.15, 0.2) is 0 Å². The molecule has 4 heteroatoms. The molecule has 1 saturated carbocycles. The van der Waals surface area contributed by atoms with Crippen molar-refractivity contribution in [3.8, 4) is 0 Å². The van der Waals surface area contributed by atoms with Crippen LogP contribution in [0.25, 0.3) is 0 Å². The van der Waals surface area contributed by atoms with E-state index < -0.39 is 0 Å². The zero-order valence-corrected chi connectivity index (χ0v) is 8.42. The molecular formula is C9H13N3S. The molecule has 0 saturated heterocycles. The van der Waals surface area contributed by atoms with Gasteiger partial charge in [-0.05, 0) is 31.2 Å². The molecule has 3 nitrogen and oxygen atoms in total. The summed E-state index contributed by atoms with van der Waals surface area (Å²) in [6, 6.07) is 4.46. The Morgan fingerprint density at radius 3 is 3.00 bits per heavy atom. The maximum absolute atomic E-state index is 4.00. The summed E-state index contributed by atoms with van der Waals surface area (Å²) in [5.41, 5.74) is 0. The Bertz CT molecular complexity index is 263. The average Bonchev–Trinajstić information content (AvgIpc) is 2.15. The third-order valence-electron chi connectivity index (χ3n) is 2.42. The van der Waals surface area contributed by atoms with Crippen molar-refractivity contribution in [1.29, 1.82) is 0 Å². The molecule has 2 rings (SSSR count). The van der Waals surface area contributed by atoms with Crippen molar-refractivity contribution in [3.05, 3.63) is 18.3 Å². The highest BCUT2D eigenvalue weighted by atomic mass is 32.2. The lowest BCUT2D eigenvalue weighted by molar-refractivity contribution is 0.461. The molecule has 1 aliphatic rings. The van der Waals surface area contributed by atoms with Gasteiger partial charge >= 0.3 is 0 Å². The van der Waals surface area contributed by atoms with E-state index in [-0.39, 0.29) is 0 Å². The van der Waals surface area contributed by atoms with Crippen molar-refractivity contribution in [2.24, 2.45) is 0 Å². The van der Waals surface area contributed by atoms with Crippen LogP contribution in [0, 0.1) is 0 Å². The summed E-state index contributed by atoms with van der Waals surface area (Å²) < 4.78 is 0. The Kier molecular flexibility index (Phi) is 2.68. The Labute approximate surface area is 82.3 Å². The van der Waals surface area contributed by atoms with Gasteiger partial charge in [0.2, 0.25) is 0 Å². The number of hydrogen-bond donors (Lipinski definition) is 1. The molecule has 13 heavy (non-hydrogen) atoms. The summed E-state index contributed by atoms with van der Waals surface area (Å²) in [4.78, 5) is 0. The summed E-state index contributed by atoms with van der Waals surface area (Å²) in [5, 5.41) is 12.0. The van der Waals surface area contributed by atoms with Crippen LogP contribution < -0.4 is 5.32 Å². The second kappa shape index (κ2) is 3.96. The van der Waals surface area contributed by atoms with Crippen LogP contribution in [-0.2, 0) is 0 Å². The average molecular weight is 195 g/mol. The molecule has 0 bridgehead atoms. The molecule has 70 valence electrons. The molecule has 1 heterocycles. The number of nitrogens with zero attached hydrogens (tertiary/aromatic N) is 2. The lowest BCUT2D eigenvalue weighted by Crippen LogP contribution is -2.40. The quantitative estimate of drug-likeness (QED) is 0.798. The van der Waals surface area contributed by atoms with E-state index in [1.807, 2.05) is 23.9 Å². The van der Waals surface area contributed by atoms with Crippen LogP contribution >= 0.6 is 11.8 Å². The lowest BCUT2D eigenvalue weighted by atomic mass is 9.92. The number of aromatic nitrogens is 2. The largest absolute Gasteiger partial charge is 0.365 e. The normalized spacial score (nSPS) is 26.5. The van der Waals surface area contributed by atoms with Gasteiger partial charge < -0.3 is 5.32 Å². The molecule has 1 N–H and O–H groups in total. The van der Waals surface area contributed by atoms with Crippen LogP contribution in [-0.4, -0.2) is 27.7 Å². The molecule has 0 spiro atoms. The van der Waals surface area contributed by atoms with Crippen molar-refractivity contribution in [1.82, 2.24) is 10.2 Å². The first-order valence-electron chi connectivity index (χ1n) is 4.47. The SMILES string of the molecule is CSC1CCC1Nc1cccnn1. The number of thioether (sulfide) groups is 1. The molecule has 1 aromatic heterocycles. The fourth-order valence-electron chi connectivity index (χ4n) is 1.49. The Morgan fingerprint density at radius 1 is 1.54 bits per heavy atom. The minimum Gasteiger partial charge on any atom is -0.365 e. The van der Waals surface area contributed by atoms with E-state index >= 15 is 0 Å². The highest BCUT2D eigenvalue weighted by Crippen LogP contribution is 2.31. The van der Waals surface area contributed by atoms with E-state index in [2.05, 4.69) is 21.8 Å². The highest BCUT2D eigenvalue weighted by Gasteiger charge is 2.29. The van der Waals surface area contributed by atoms with Gasteiger partial charge in [-0.2, -0.15) is 16.9 Å². The van der Waals surface area contributed by atoms with E-state index in [4.69, 9.17) is 0 Å². The molecule has 1 fully saturated rings. The fraction of sp³-hybridized carbons (Fsp3) is 0.556. The van der Waals surface area contributed by atoms with Crippen molar-refractivity contribution < 1.29 is 0 Å². The van der Waals surface area contributed by atoms with E-state index in [1.54, 1.807) is 6.20 Å². The molecule has 0 amide bonds. The number of anilines is 1. The van der Waals surface area contributed by atoms with Crippen LogP contribution in [0.1, 0.15) is 12.8 Å². The van der Waals surface area contributed by atoms with Gasteiger partial charge in [0.05, 0.1) is 0 Å². The second-order valence-electron chi connectivity index (χ2n) is 3.21. The summed E-state index contributed by atoms with van der Waals surface area (Å²) in [6.07, 6.45) is 6.42. The molecular weight excluding hydrogens is 182 g/mol. The maximum atomic E-state index is 4.00. The van der Waals surface area contributed by atoms with Gasteiger partial charge in [0, 0.05) is 17.5 Å². The van der Waals surface area contributed by atoms with Crippen LogP contribution in [0.5, 0.6) is 0 Å². The minimum absolute atomic E-state index is 0.590. The van der Waals surface area contributed by atoms with Gasteiger partial charge in [0.1, 0.15) is 5.82 Å². The van der Waals surface area contributed by atoms with Gasteiger partial charge in [-0.25, -0.2) is 0 Å². The second-order valence-corrected chi connectivity index (χ2v) is 4.29. The maximum Gasteiger partial charge on any atom is 0.148 e. The minimum atomic E-state index is 0.590. The topological polar surface area (TPSA) is 37.8 Å². The predicted molar refractivity (Wildman–Crippen MR) is 56.0 cm³/mol. The Morgan fingerprint density at radius 2 is 2.46 bits per heavy atom. The third kappa shape index (κ3) is 1.94. The van der Waals surface area contributed by atoms with Gasteiger partial charge in [0.25, 0.3) is 0 Å². The monoisotopic (exact) mass is 195 g/mol. The van der Waals surface area contributed by atoms with Crippen molar-refractivity contribution in [2.75, 3.05) is 11.6 Å². The predicted octanol–water partition coefficient (Wildman–Crippen LogP) is 1.78. The first-order valence-corrected chi connectivity index (χ1v) is 5.76. The molecule has 0 aromatic carbocycles. The zero-order chi connectivity index (χ0) is 9.10. The van der Waals surface area contributed by atoms with Crippen molar-refractivity contribution in [3.63, 3.8) is 0 Å². The Hall–Kier alpha value is -0.770. The number of hydrogen-bond acceptors (Lipinski definition) is 4. The first kappa shape index (κ1) is 8.81. The van der Waals surface area contributed by atoms with E-state index in [1.165, 1.54) is 12.8 Å². The van der Waals surface area contributed by atoms with Crippen LogP contribution in [0.4, 0.5) is 5.82 Å². The standard InChI is InChI=1S/C9H13N3S/c1-13-8-5-4-7(8)11-9-3-2-6-10-12-9/h2-3,6-8H,4-5H2,1H3,(H,11,12). The van der Waals surface area contributed by atoms with Gasteiger partial charge in [-0.15, -0.1) is 5.10 Å². The molecule has 0 radical (unpaired) electrons. The van der Waals surface area contributed by atoms with E-state index in [0.29, 0.717) is 6.04 Å². The molecule has 1 aromatic rings. The summed E-state index contributed by atoms with van der Waals surface area (Å²) in [6.45, 7) is 0. The smallest absolute Gasteiger partial charge is 0.148 e. The highest BCUT2D eigenvalue weighted by molar-refractivity contribution is 7.99. The number of nitrogens with one attached hydrogen (secondary N) is 1. The lowest BCUT2D eigenvalue weighted by Gasteiger charge is -2.36. The summed E-state index contributed by atoms with van der Waals surface area (Å²) in [5.74, 6) is 0.895. The summed E-state index contributed by atoms with van der Waals surface area (Å²) in [7, 11) is 0. The van der Waals surface area contributed by atoms with E-state index in [9.17, 15) is 0 Å². The van der Waals surface area contributed by atoms with Crippen molar-refractivity contribution in [2.45, 2.75) is 24.1 Å². The fourth-order valence-corrected chi connectivity index (χ4v) is 2.39. The van der Waals surface area contributed by atoms with Crippen LogP contribution in [0.3, 0.4) is 0 Å². The van der Waals surface area contributed by atoms with Crippen molar-refractivity contribution >= 4 is 17.6 Å². The third-order valence-corrected chi connectivity index (χ3v) is 3.59. The van der Waals surface area contributed by atoms with E-state index in [0.717, 1.165) is 11.1 Å². The summed E-state index contributed by atoms with van der Waals surface area (Å²) >= 11 is 1.93. The molecule has 1 aliphatic carbocycles. The molecule has 2 atom stereocenters. The van der Waals surface area contributed by atoms with Gasteiger partial charge in [-0.1, -0.05) is 0 Å². The van der Waals surface area contributed by atoms with Crippen LogP contribution in [0.2, 0.25) is 0 Å². The Balaban J connectivity index is 1.92. The number of rotatable bonds is 3. The molecule has 2 unspecified atom stereocenters. The van der Waals surface area contributed by atoms with Gasteiger partial charge in [-0.3, -0.25) is 0 Å². The molecule has 0 aliphatic heterocycles. The zero-order valence-electron chi connectivity index (χ0n) is 7.60. The van der Waals surface area contributed by atoms with Crippen LogP contribution in [0.15, 0.2) is 18.3 Å².